The summed E-state index contributed by atoms with van der Waals surface area (Å²) in [5.74, 6) is 1.14. The van der Waals surface area contributed by atoms with Crippen molar-refractivity contribution in [1.82, 2.24) is 0 Å². The minimum Gasteiger partial charge on any atom is -0.393 e. The van der Waals surface area contributed by atoms with Gasteiger partial charge in [0.1, 0.15) is 0 Å². The monoisotopic (exact) mass is 415 g/mol. The largest absolute Gasteiger partial charge is 0.393 e. The highest BCUT2D eigenvalue weighted by Crippen LogP contribution is 2.59. The SMILES string of the molecule is [2H]C([2H])([2H])C(/C=C/[C@@H](C)[C@H]1CC[C@H]2/C(=C/C=C3/C[C@@H](O)C[C@H](O)C3=C)CCC[C@]12C)C(C)C. The highest BCUT2D eigenvalue weighted by molar-refractivity contribution is 5.38. The van der Waals surface area contributed by atoms with Gasteiger partial charge in [0.15, 0.2) is 0 Å². The third-order valence-electron chi connectivity index (χ3n) is 8.28. The van der Waals surface area contributed by atoms with E-state index in [0.29, 0.717) is 30.6 Å². The van der Waals surface area contributed by atoms with Crippen LogP contribution in [0.25, 0.3) is 0 Å². The fourth-order valence-electron chi connectivity index (χ4n) is 6.26. The average molecular weight is 416 g/mol. The smallest absolute Gasteiger partial charge is 0.0811 e. The lowest BCUT2D eigenvalue weighted by Crippen LogP contribution is -2.35. The molecule has 0 saturated heterocycles. The first-order valence-electron chi connectivity index (χ1n) is 13.5. The van der Waals surface area contributed by atoms with Gasteiger partial charge in [-0.05, 0) is 84.7 Å². The molecule has 2 heteroatoms. The van der Waals surface area contributed by atoms with E-state index >= 15 is 0 Å². The first-order valence-corrected chi connectivity index (χ1v) is 12.0. The van der Waals surface area contributed by atoms with Crippen molar-refractivity contribution < 1.29 is 14.3 Å². The Hall–Kier alpha value is -1.12. The second kappa shape index (κ2) is 9.57. The van der Waals surface area contributed by atoms with Crippen molar-refractivity contribution >= 4 is 0 Å². The van der Waals surface area contributed by atoms with Crippen molar-refractivity contribution in [2.45, 2.75) is 91.7 Å². The van der Waals surface area contributed by atoms with Gasteiger partial charge in [-0.15, -0.1) is 0 Å². The van der Waals surface area contributed by atoms with Crippen molar-refractivity contribution in [3.8, 4) is 0 Å². The molecule has 3 aliphatic carbocycles. The Labute approximate surface area is 189 Å². The Bertz CT molecular complexity index is 806. The molecule has 0 radical (unpaired) electrons. The van der Waals surface area contributed by atoms with Crippen LogP contribution in [-0.2, 0) is 0 Å². The topological polar surface area (TPSA) is 40.5 Å². The summed E-state index contributed by atoms with van der Waals surface area (Å²) in [5.41, 5.74) is 3.42. The van der Waals surface area contributed by atoms with Crippen molar-refractivity contribution in [2.75, 3.05) is 0 Å². The van der Waals surface area contributed by atoms with Gasteiger partial charge in [0.25, 0.3) is 0 Å². The first-order chi connectivity index (χ1) is 15.3. The molecule has 0 aliphatic heterocycles. The van der Waals surface area contributed by atoms with Crippen LogP contribution in [0.3, 0.4) is 0 Å². The van der Waals surface area contributed by atoms with Gasteiger partial charge >= 0.3 is 0 Å². The molecular weight excluding hydrogens is 368 g/mol. The molecule has 3 rings (SSSR count). The Morgan fingerprint density at radius 1 is 1.17 bits per heavy atom. The van der Waals surface area contributed by atoms with E-state index in [1.165, 1.54) is 31.3 Å². The van der Waals surface area contributed by atoms with Crippen molar-refractivity contribution in [3.63, 3.8) is 0 Å². The highest BCUT2D eigenvalue weighted by atomic mass is 16.3. The number of aliphatic hydroxyl groups excluding tert-OH is 2. The standard InChI is InChI=1S/C28H44O2/c1-18(2)19(3)9-10-20(4)25-13-14-26-22(8-7-15-28(25,26)6)11-12-23-16-24(29)17-27(30)21(23)5/h9-12,18-20,24-27,29-30H,5,7-8,13-17H2,1-4,6H3/b10-9+,22-11+,23-12-/t19?,20-,24-,25-,26+,27+,28-/m1/s1/i3D3. The third kappa shape index (κ3) is 4.86. The predicted molar refractivity (Wildman–Crippen MR) is 127 cm³/mol. The number of rotatable bonds is 5. The van der Waals surface area contributed by atoms with E-state index in [1.807, 2.05) is 19.9 Å². The number of fused-ring (bicyclic) bond motifs is 1. The molecule has 1 unspecified atom stereocenters. The zero-order chi connectivity index (χ0) is 24.6. The Morgan fingerprint density at radius 3 is 2.63 bits per heavy atom. The molecule has 3 aliphatic rings. The summed E-state index contributed by atoms with van der Waals surface area (Å²) in [6.45, 7) is 10.8. The van der Waals surface area contributed by atoms with Crippen molar-refractivity contribution in [3.05, 3.63) is 47.6 Å². The van der Waals surface area contributed by atoms with Gasteiger partial charge in [-0.25, -0.2) is 0 Å². The summed E-state index contributed by atoms with van der Waals surface area (Å²) < 4.78 is 23.7. The number of allylic oxidation sites excluding steroid dienone is 5. The molecule has 168 valence electrons. The molecule has 3 saturated carbocycles. The van der Waals surface area contributed by atoms with Gasteiger partial charge in [-0.3, -0.25) is 0 Å². The van der Waals surface area contributed by atoms with E-state index < -0.39 is 25.0 Å². The average Bonchev–Trinajstić information content (AvgIpc) is 3.05. The maximum Gasteiger partial charge on any atom is 0.0811 e. The molecule has 0 spiro atoms. The maximum atomic E-state index is 10.2. The first kappa shape index (κ1) is 19.6. The summed E-state index contributed by atoms with van der Waals surface area (Å²) in [5, 5.41) is 20.2. The second-order valence-electron chi connectivity index (χ2n) is 10.7. The minimum absolute atomic E-state index is 0.0942. The van der Waals surface area contributed by atoms with E-state index in [-0.39, 0.29) is 11.3 Å². The summed E-state index contributed by atoms with van der Waals surface area (Å²) in [6.07, 6.45) is 14.1. The number of hydrogen-bond acceptors (Lipinski definition) is 2. The van der Waals surface area contributed by atoms with Crippen LogP contribution < -0.4 is 0 Å². The molecule has 2 nitrogen and oxygen atoms in total. The zero-order valence-electron chi connectivity index (χ0n) is 22.4. The van der Waals surface area contributed by atoms with Crippen LogP contribution >= 0.6 is 0 Å². The second-order valence-corrected chi connectivity index (χ2v) is 10.7. The van der Waals surface area contributed by atoms with E-state index in [9.17, 15) is 10.2 Å². The summed E-state index contributed by atoms with van der Waals surface area (Å²) >= 11 is 0. The lowest BCUT2D eigenvalue weighted by molar-refractivity contribution is 0.0862. The van der Waals surface area contributed by atoms with Gasteiger partial charge in [0.05, 0.1) is 12.2 Å². The predicted octanol–water partition coefficient (Wildman–Crippen LogP) is 6.61. The van der Waals surface area contributed by atoms with Gasteiger partial charge < -0.3 is 10.2 Å². The lowest BCUT2D eigenvalue weighted by Gasteiger charge is -2.44. The summed E-state index contributed by atoms with van der Waals surface area (Å²) in [7, 11) is 0. The number of hydrogen-bond donors (Lipinski definition) is 2. The van der Waals surface area contributed by atoms with Gasteiger partial charge in [-0.2, -0.15) is 0 Å². The van der Waals surface area contributed by atoms with E-state index in [0.717, 1.165) is 17.6 Å². The van der Waals surface area contributed by atoms with Crippen LogP contribution in [0.1, 0.15) is 83.6 Å². The van der Waals surface area contributed by atoms with Crippen LogP contribution in [0.15, 0.2) is 47.6 Å². The molecule has 0 amide bonds. The molecule has 3 fully saturated rings. The molecule has 2 N–H and O–H groups in total. The Kier molecular flexibility index (Phi) is 6.24. The van der Waals surface area contributed by atoms with Gasteiger partial charge in [0, 0.05) is 10.5 Å². The molecule has 0 aromatic carbocycles. The molecule has 7 atom stereocenters. The van der Waals surface area contributed by atoms with Gasteiger partial charge in [0.2, 0.25) is 0 Å². The normalized spacial score (nSPS) is 41.7. The van der Waals surface area contributed by atoms with Crippen molar-refractivity contribution in [2.24, 2.45) is 35.0 Å². The number of aliphatic hydroxyl groups is 2. The Morgan fingerprint density at radius 2 is 1.93 bits per heavy atom. The van der Waals surface area contributed by atoms with Crippen molar-refractivity contribution in [1.29, 1.82) is 0 Å². The quantitative estimate of drug-likeness (QED) is 0.496. The van der Waals surface area contributed by atoms with Crippen LogP contribution in [-0.4, -0.2) is 22.4 Å². The third-order valence-corrected chi connectivity index (χ3v) is 8.28. The summed E-state index contributed by atoms with van der Waals surface area (Å²) in [6, 6.07) is 0. The highest BCUT2D eigenvalue weighted by Gasteiger charge is 2.50. The Balaban J connectivity index is 1.78. The summed E-state index contributed by atoms with van der Waals surface area (Å²) in [4.78, 5) is 0. The zero-order valence-corrected chi connectivity index (χ0v) is 19.4. The van der Waals surface area contributed by atoms with Crippen LogP contribution in [0.5, 0.6) is 0 Å². The fourth-order valence-corrected chi connectivity index (χ4v) is 6.26. The molecular formula is C28H44O2. The maximum absolute atomic E-state index is 10.2. The molecule has 0 aromatic rings. The van der Waals surface area contributed by atoms with Gasteiger partial charge in [-0.1, -0.05) is 71.0 Å². The van der Waals surface area contributed by atoms with E-state index in [1.54, 1.807) is 0 Å². The van der Waals surface area contributed by atoms with Crippen LogP contribution in [0.2, 0.25) is 0 Å². The molecule has 30 heavy (non-hydrogen) atoms. The van der Waals surface area contributed by atoms with E-state index in [4.69, 9.17) is 4.11 Å². The fraction of sp³-hybridized carbons (Fsp3) is 0.714. The van der Waals surface area contributed by atoms with E-state index in [2.05, 4.69) is 38.7 Å². The van der Waals surface area contributed by atoms with Crippen LogP contribution in [0.4, 0.5) is 0 Å². The molecule has 0 aromatic heterocycles. The molecule has 0 heterocycles. The van der Waals surface area contributed by atoms with Crippen LogP contribution in [0, 0.1) is 35.0 Å². The minimum atomic E-state index is -1.95. The molecule has 0 bridgehead atoms. The lowest BCUT2D eigenvalue weighted by atomic mass is 9.61.